The Kier molecular flexibility index (Phi) is 2.75. The summed E-state index contributed by atoms with van der Waals surface area (Å²) in [6, 6.07) is 7.44. The summed E-state index contributed by atoms with van der Waals surface area (Å²) in [5.41, 5.74) is 1.24. The summed E-state index contributed by atoms with van der Waals surface area (Å²) >= 11 is 0. The lowest BCUT2D eigenvalue weighted by atomic mass is 10.0. The van der Waals surface area contributed by atoms with Crippen LogP contribution in [0.4, 0.5) is 0 Å². The summed E-state index contributed by atoms with van der Waals surface area (Å²) in [6.07, 6.45) is 3.74. The monoisotopic (exact) mass is 265 g/mol. The molecule has 0 radical (unpaired) electrons. The maximum atomic E-state index is 12.4. The molecule has 0 amide bonds. The van der Waals surface area contributed by atoms with Crippen molar-refractivity contribution in [3.8, 4) is 0 Å². The van der Waals surface area contributed by atoms with Crippen LogP contribution in [0.25, 0.3) is 0 Å². The Labute approximate surface area is 109 Å². The Morgan fingerprint density at radius 2 is 1.72 bits per heavy atom. The number of sulfone groups is 1. The number of hydrogen-bond acceptors (Lipinski definition) is 3. The van der Waals surface area contributed by atoms with E-state index in [0.717, 1.165) is 32.2 Å². The van der Waals surface area contributed by atoms with Gasteiger partial charge in [0.25, 0.3) is 0 Å². The van der Waals surface area contributed by atoms with Crippen molar-refractivity contribution in [2.24, 2.45) is 0 Å². The fourth-order valence-electron chi connectivity index (χ4n) is 2.74. The molecule has 2 fully saturated rings. The van der Waals surface area contributed by atoms with Crippen LogP contribution in [0.1, 0.15) is 38.2 Å². The van der Waals surface area contributed by atoms with Crippen LogP contribution in [0.5, 0.6) is 0 Å². The normalized spacial score (nSPS) is 28.5. The van der Waals surface area contributed by atoms with Gasteiger partial charge in [0.1, 0.15) is 0 Å². The lowest BCUT2D eigenvalue weighted by Gasteiger charge is -2.13. The van der Waals surface area contributed by atoms with Crippen molar-refractivity contribution in [2.75, 3.05) is 6.54 Å². The van der Waals surface area contributed by atoms with E-state index in [2.05, 4.69) is 12.2 Å². The Balaban J connectivity index is 1.88. The molecule has 1 unspecified atom stereocenters. The molecule has 1 N–H and O–H groups in total. The Morgan fingerprint density at radius 1 is 1.17 bits per heavy atom. The predicted molar refractivity (Wildman–Crippen MR) is 71.2 cm³/mol. The lowest BCUT2D eigenvalue weighted by Crippen LogP contribution is -2.18. The van der Waals surface area contributed by atoms with Gasteiger partial charge in [-0.05, 0) is 37.5 Å². The molecule has 1 aromatic rings. The van der Waals surface area contributed by atoms with E-state index in [1.165, 1.54) is 5.56 Å². The van der Waals surface area contributed by atoms with Crippen LogP contribution in [0, 0.1) is 0 Å². The molecule has 1 aliphatic heterocycles. The second-order valence-corrected chi connectivity index (χ2v) is 7.89. The van der Waals surface area contributed by atoms with Gasteiger partial charge >= 0.3 is 0 Å². The third kappa shape index (κ3) is 1.97. The molecule has 1 saturated heterocycles. The van der Waals surface area contributed by atoms with Crippen LogP contribution in [-0.2, 0) is 15.4 Å². The van der Waals surface area contributed by atoms with Gasteiger partial charge < -0.3 is 5.32 Å². The van der Waals surface area contributed by atoms with Crippen molar-refractivity contribution in [1.82, 2.24) is 5.32 Å². The highest BCUT2D eigenvalue weighted by Gasteiger charge is 2.38. The molecule has 1 heterocycles. The van der Waals surface area contributed by atoms with E-state index in [9.17, 15) is 8.42 Å². The zero-order chi connectivity index (χ0) is 12.8. The molecule has 4 heteroatoms. The Hall–Kier alpha value is -0.870. The lowest BCUT2D eigenvalue weighted by molar-refractivity contribution is 0.579. The minimum absolute atomic E-state index is 0.0651. The number of hydrogen-bond donors (Lipinski definition) is 1. The SMILES string of the molecule is CC1(c2ccc(S(=O)(=O)C3CCCC3)cc2)CN1. The third-order valence-electron chi connectivity index (χ3n) is 4.27. The highest BCUT2D eigenvalue weighted by molar-refractivity contribution is 7.92. The zero-order valence-electron chi connectivity index (χ0n) is 10.6. The fourth-order valence-corrected chi connectivity index (χ4v) is 4.59. The predicted octanol–water partition coefficient (Wildman–Crippen LogP) is 2.22. The molecule has 0 spiro atoms. The van der Waals surface area contributed by atoms with Crippen molar-refractivity contribution in [1.29, 1.82) is 0 Å². The van der Waals surface area contributed by atoms with E-state index in [0.29, 0.717) is 4.90 Å². The zero-order valence-corrected chi connectivity index (χ0v) is 11.5. The summed E-state index contributed by atoms with van der Waals surface area (Å²) < 4.78 is 24.8. The third-order valence-corrected chi connectivity index (χ3v) is 6.55. The van der Waals surface area contributed by atoms with Crippen molar-refractivity contribution in [3.63, 3.8) is 0 Å². The average Bonchev–Trinajstić information content (AvgIpc) is 2.92. The van der Waals surface area contributed by atoms with Gasteiger partial charge in [-0.2, -0.15) is 0 Å². The van der Waals surface area contributed by atoms with Crippen LogP contribution < -0.4 is 5.32 Å². The van der Waals surface area contributed by atoms with Crippen LogP contribution >= 0.6 is 0 Å². The number of nitrogens with one attached hydrogen (secondary N) is 1. The first-order valence-corrected chi connectivity index (χ1v) is 8.16. The first kappa shape index (κ1) is 12.2. The van der Waals surface area contributed by atoms with Gasteiger partial charge in [0.2, 0.25) is 0 Å². The van der Waals surface area contributed by atoms with Crippen LogP contribution in [0.2, 0.25) is 0 Å². The summed E-state index contributed by atoms with van der Waals surface area (Å²) in [6.45, 7) is 3.11. The van der Waals surface area contributed by atoms with Gasteiger partial charge in [0, 0.05) is 6.54 Å². The summed E-state index contributed by atoms with van der Waals surface area (Å²) in [7, 11) is -3.10. The van der Waals surface area contributed by atoms with Crippen LogP contribution in [-0.4, -0.2) is 20.2 Å². The minimum atomic E-state index is -3.10. The number of rotatable bonds is 3. The fraction of sp³-hybridized carbons (Fsp3) is 0.571. The molecule has 1 atom stereocenters. The van der Waals surface area contributed by atoms with Crippen molar-refractivity contribution in [2.45, 2.75) is 48.3 Å². The molecule has 1 aliphatic carbocycles. The molecule has 3 nitrogen and oxygen atoms in total. The van der Waals surface area contributed by atoms with Crippen molar-refractivity contribution in [3.05, 3.63) is 29.8 Å². The van der Waals surface area contributed by atoms with E-state index >= 15 is 0 Å². The van der Waals surface area contributed by atoms with Gasteiger partial charge in [-0.15, -0.1) is 0 Å². The largest absolute Gasteiger partial charge is 0.304 e. The number of benzene rings is 1. The molecule has 18 heavy (non-hydrogen) atoms. The van der Waals surface area contributed by atoms with Gasteiger partial charge in [-0.1, -0.05) is 25.0 Å². The molecular weight excluding hydrogens is 246 g/mol. The van der Waals surface area contributed by atoms with Gasteiger partial charge in [0.15, 0.2) is 9.84 Å². The second kappa shape index (κ2) is 4.07. The molecule has 0 aromatic heterocycles. The molecule has 1 saturated carbocycles. The molecule has 0 bridgehead atoms. The molecule has 2 aliphatic rings. The van der Waals surface area contributed by atoms with Crippen molar-refractivity contribution < 1.29 is 8.42 Å². The highest BCUT2D eigenvalue weighted by Crippen LogP contribution is 2.33. The van der Waals surface area contributed by atoms with Gasteiger partial charge in [-0.3, -0.25) is 0 Å². The second-order valence-electron chi connectivity index (χ2n) is 5.66. The molecule has 3 rings (SSSR count). The summed E-state index contributed by atoms with van der Waals surface area (Å²) in [4.78, 5) is 0.488. The van der Waals surface area contributed by atoms with Crippen molar-refractivity contribution >= 4 is 9.84 Å². The first-order chi connectivity index (χ1) is 8.52. The van der Waals surface area contributed by atoms with E-state index in [4.69, 9.17) is 0 Å². The van der Waals surface area contributed by atoms with Crippen LogP contribution in [0.15, 0.2) is 29.2 Å². The van der Waals surface area contributed by atoms with E-state index in [1.807, 2.05) is 12.1 Å². The standard InChI is InChI=1S/C14H19NO2S/c1-14(10-15-14)11-6-8-13(9-7-11)18(16,17)12-4-2-3-5-12/h6-9,12,15H,2-5,10H2,1H3. The first-order valence-electron chi connectivity index (χ1n) is 6.62. The Bertz CT molecular complexity index is 538. The topological polar surface area (TPSA) is 56.1 Å². The summed E-state index contributed by atoms with van der Waals surface area (Å²) in [5, 5.41) is 3.14. The maximum Gasteiger partial charge on any atom is 0.181 e. The average molecular weight is 265 g/mol. The van der Waals surface area contributed by atoms with E-state index in [1.54, 1.807) is 12.1 Å². The van der Waals surface area contributed by atoms with E-state index in [-0.39, 0.29) is 10.8 Å². The molecule has 1 aromatic carbocycles. The molecule has 98 valence electrons. The molecular formula is C14H19NO2S. The smallest absolute Gasteiger partial charge is 0.181 e. The Morgan fingerprint density at radius 3 is 2.22 bits per heavy atom. The quantitative estimate of drug-likeness (QED) is 0.853. The van der Waals surface area contributed by atoms with E-state index < -0.39 is 9.84 Å². The summed E-state index contributed by atoms with van der Waals surface area (Å²) in [5.74, 6) is 0. The highest BCUT2D eigenvalue weighted by atomic mass is 32.2. The minimum Gasteiger partial charge on any atom is -0.304 e. The van der Waals surface area contributed by atoms with Crippen LogP contribution in [0.3, 0.4) is 0 Å². The maximum absolute atomic E-state index is 12.4. The van der Waals surface area contributed by atoms with Gasteiger partial charge in [-0.25, -0.2) is 8.42 Å². The van der Waals surface area contributed by atoms with Gasteiger partial charge in [0.05, 0.1) is 15.7 Å².